The fourth-order valence-corrected chi connectivity index (χ4v) is 3.58. The zero-order chi connectivity index (χ0) is 19.5. The van der Waals surface area contributed by atoms with Gasteiger partial charge in [0.15, 0.2) is 0 Å². The van der Waals surface area contributed by atoms with Gasteiger partial charge in [0.05, 0.1) is 5.57 Å². The van der Waals surface area contributed by atoms with Crippen LogP contribution < -0.4 is 0 Å². The summed E-state index contributed by atoms with van der Waals surface area (Å²) in [5.74, 6) is -0.0964. The van der Waals surface area contributed by atoms with Gasteiger partial charge in [-0.15, -0.1) is 0 Å². The Kier molecular flexibility index (Phi) is 5.49. The van der Waals surface area contributed by atoms with Crippen molar-refractivity contribution in [1.82, 2.24) is 4.90 Å². The van der Waals surface area contributed by atoms with Crippen LogP contribution in [0.25, 0.3) is 0 Å². The molecule has 28 heavy (non-hydrogen) atoms. The molecule has 1 unspecified atom stereocenters. The van der Waals surface area contributed by atoms with Gasteiger partial charge in [0.2, 0.25) is 5.91 Å². The maximum atomic E-state index is 12.9. The second kappa shape index (κ2) is 8.19. The van der Waals surface area contributed by atoms with Crippen LogP contribution in [0.3, 0.4) is 0 Å². The van der Waals surface area contributed by atoms with Gasteiger partial charge < -0.3 is 9.64 Å². The summed E-state index contributed by atoms with van der Waals surface area (Å²) < 4.78 is 5.58. The highest BCUT2D eigenvalue weighted by molar-refractivity contribution is 6.30. The number of benzene rings is 2. The Morgan fingerprint density at radius 1 is 1.07 bits per heavy atom. The first-order valence-electron chi connectivity index (χ1n) is 9.58. The zero-order valence-electron chi connectivity index (χ0n) is 15.5. The van der Waals surface area contributed by atoms with Crippen molar-refractivity contribution in [2.75, 3.05) is 6.54 Å². The normalized spacial score (nSPS) is 19.3. The standard InChI is InChI=1S/C23H22ClNO3/c24-19-10-8-18(9-11-19)20-12-22(26)25(13-16-6-7-16)14-21(20)23(27)28-15-17-4-2-1-3-5-17/h1-5,8-11,14,16,20H,6-7,12-13,15H2. The lowest BCUT2D eigenvalue weighted by molar-refractivity contribution is -0.141. The molecule has 1 aliphatic carbocycles. The summed E-state index contributed by atoms with van der Waals surface area (Å²) in [6.45, 7) is 0.891. The van der Waals surface area contributed by atoms with E-state index in [4.69, 9.17) is 16.3 Å². The van der Waals surface area contributed by atoms with Crippen molar-refractivity contribution in [2.45, 2.75) is 31.8 Å². The minimum atomic E-state index is -0.378. The number of carbonyl (C=O) groups is 2. The molecule has 4 nitrogen and oxygen atoms in total. The lowest BCUT2D eigenvalue weighted by Gasteiger charge is -2.30. The van der Waals surface area contributed by atoms with E-state index in [1.54, 1.807) is 23.2 Å². The zero-order valence-corrected chi connectivity index (χ0v) is 16.3. The number of halogens is 1. The lowest BCUT2D eigenvalue weighted by Crippen LogP contribution is -2.36. The van der Waals surface area contributed by atoms with Gasteiger partial charge in [-0.3, -0.25) is 4.79 Å². The Bertz CT molecular complexity index is 888. The molecule has 1 heterocycles. The van der Waals surface area contributed by atoms with Crippen LogP contribution in [-0.4, -0.2) is 23.3 Å². The molecular weight excluding hydrogens is 374 g/mol. The summed E-state index contributed by atoms with van der Waals surface area (Å²) >= 11 is 6.00. The van der Waals surface area contributed by atoms with Crippen molar-refractivity contribution >= 4 is 23.5 Å². The third-order valence-electron chi connectivity index (χ3n) is 5.24. The largest absolute Gasteiger partial charge is 0.457 e. The van der Waals surface area contributed by atoms with E-state index >= 15 is 0 Å². The van der Waals surface area contributed by atoms with E-state index in [-0.39, 0.29) is 30.8 Å². The highest BCUT2D eigenvalue weighted by atomic mass is 35.5. The summed E-state index contributed by atoms with van der Waals surface area (Å²) in [7, 11) is 0. The molecule has 1 aliphatic heterocycles. The highest BCUT2D eigenvalue weighted by Crippen LogP contribution is 2.37. The van der Waals surface area contributed by atoms with Crippen molar-refractivity contribution in [3.8, 4) is 0 Å². The van der Waals surface area contributed by atoms with Crippen LogP contribution in [0.1, 0.15) is 36.3 Å². The Morgan fingerprint density at radius 3 is 2.46 bits per heavy atom. The molecule has 2 aliphatic rings. The van der Waals surface area contributed by atoms with Crippen molar-refractivity contribution in [3.05, 3.63) is 82.5 Å². The average Bonchev–Trinajstić information content (AvgIpc) is 3.53. The number of nitrogens with zero attached hydrogens (tertiary/aromatic N) is 1. The smallest absolute Gasteiger partial charge is 0.336 e. The minimum Gasteiger partial charge on any atom is -0.457 e. The molecule has 0 aromatic heterocycles. The molecule has 0 bridgehead atoms. The fourth-order valence-electron chi connectivity index (χ4n) is 3.46. The van der Waals surface area contributed by atoms with E-state index in [1.807, 2.05) is 42.5 Å². The molecule has 0 saturated heterocycles. The van der Waals surface area contributed by atoms with Crippen LogP contribution in [0, 0.1) is 5.92 Å². The number of ether oxygens (including phenoxy) is 1. The SMILES string of the molecule is O=C(OCc1ccccc1)C1=CN(CC2CC2)C(=O)CC1c1ccc(Cl)cc1. The van der Waals surface area contributed by atoms with Crippen molar-refractivity contribution < 1.29 is 14.3 Å². The van der Waals surface area contributed by atoms with Crippen molar-refractivity contribution in [1.29, 1.82) is 0 Å². The lowest BCUT2D eigenvalue weighted by atomic mass is 9.86. The van der Waals surface area contributed by atoms with Gasteiger partial charge in [-0.2, -0.15) is 0 Å². The topological polar surface area (TPSA) is 46.6 Å². The molecule has 0 spiro atoms. The Balaban J connectivity index is 1.57. The van der Waals surface area contributed by atoms with E-state index in [0.29, 0.717) is 23.1 Å². The fraction of sp³-hybridized carbons (Fsp3) is 0.304. The number of esters is 1. The summed E-state index contributed by atoms with van der Waals surface area (Å²) in [6, 6.07) is 16.9. The predicted molar refractivity (Wildman–Crippen MR) is 108 cm³/mol. The summed E-state index contributed by atoms with van der Waals surface area (Å²) in [5, 5.41) is 0.624. The van der Waals surface area contributed by atoms with Gasteiger partial charge in [0.1, 0.15) is 6.61 Å². The molecule has 1 fully saturated rings. The second-order valence-electron chi connectivity index (χ2n) is 7.44. The van der Waals surface area contributed by atoms with Crippen molar-refractivity contribution in [2.24, 2.45) is 5.92 Å². The van der Waals surface area contributed by atoms with Crippen LogP contribution in [0.5, 0.6) is 0 Å². The molecular formula is C23H22ClNO3. The minimum absolute atomic E-state index is 0.0476. The molecule has 2 aromatic carbocycles. The first-order chi connectivity index (χ1) is 13.6. The van der Waals surface area contributed by atoms with Gasteiger partial charge in [-0.1, -0.05) is 54.1 Å². The van der Waals surface area contributed by atoms with E-state index < -0.39 is 0 Å². The van der Waals surface area contributed by atoms with E-state index in [0.717, 1.165) is 24.0 Å². The third kappa shape index (κ3) is 4.45. The number of carbonyl (C=O) groups excluding carboxylic acids is 2. The molecule has 144 valence electrons. The molecule has 1 saturated carbocycles. The monoisotopic (exact) mass is 395 g/mol. The van der Waals surface area contributed by atoms with E-state index in [9.17, 15) is 9.59 Å². The van der Waals surface area contributed by atoms with Gasteiger partial charge in [0, 0.05) is 30.1 Å². The molecule has 1 amide bonds. The van der Waals surface area contributed by atoms with Crippen LogP contribution in [0.15, 0.2) is 66.4 Å². The van der Waals surface area contributed by atoms with Crippen LogP contribution >= 0.6 is 11.6 Å². The Hall–Kier alpha value is -2.59. The maximum absolute atomic E-state index is 12.9. The first-order valence-corrected chi connectivity index (χ1v) is 9.95. The van der Waals surface area contributed by atoms with Crippen LogP contribution in [0.4, 0.5) is 0 Å². The molecule has 0 N–H and O–H groups in total. The average molecular weight is 396 g/mol. The van der Waals surface area contributed by atoms with Gasteiger partial charge in [0.25, 0.3) is 0 Å². The third-order valence-corrected chi connectivity index (χ3v) is 5.49. The number of hydrogen-bond acceptors (Lipinski definition) is 3. The first kappa shape index (κ1) is 18.8. The number of rotatable bonds is 6. The van der Waals surface area contributed by atoms with E-state index in [1.165, 1.54) is 0 Å². The van der Waals surface area contributed by atoms with Crippen LogP contribution in [-0.2, 0) is 20.9 Å². The molecule has 5 heteroatoms. The summed E-state index contributed by atoms with van der Waals surface area (Å²) in [4.78, 5) is 27.3. The maximum Gasteiger partial charge on any atom is 0.336 e. The van der Waals surface area contributed by atoms with E-state index in [2.05, 4.69) is 0 Å². The quantitative estimate of drug-likeness (QED) is 0.666. The van der Waals surface area contributed by atoms with Gasteiger partial charge in [-0.05, 0) is 42.0 Å². The number of hydrogen-bond donors (Lipinski definition) is 0. The molecule has 2 aromatic rings. The summed E-state index contributed by atoms with van der Waals surface area (Å²) in [5.41, 5.74) is 2.35. The molecule has 0 radical (unpaired) electrons. The van der Waals surface area contributed by atoms with Crippen molar-refractivity contribution in [3.63, 3.8) is 0 Å². The summed E-state index contributed by atoms with van der Waals surface area (Å²) in [6.07, 6.45) is 4.26. The van der Waals surface area contributed by atoms with Gasteiger partial charge >= 0.3 is 5.97 Å². The van der Waals surface area contributed by atoms with Crippen LogP contribution in [0.2, 0.25) is 5.02 Å². The molecule has 4 rings (SSSR count). The van der Waals surface area contributed by atoms with Gasteiger partial charge in [-0.25, -0.2) is 4.79 Å². The Morgan fingerprint density at radius 2 is 1.79 bits per heavy atom. The Labute approximate surface area is 169 Å². The predicted octanol–water partition coefficient (Wildman–Crippen LogP) is 4.69. The second-order valence-corrected chi connectivity index (χ2v) is 7.88. The molecule has 1 atom stereocenters. The number of amides is 1. The highest BCUT2D eigenvalue weighted by Gasteiger charge is 2.35.